The normalized spacial score (nSPS) is 13.0. The Labute approximate surface area is 72.2 Å². The molecule has 10 heavy (non-hydrogen) atoms. The molecule has 0 aliphatic heterocycles. The van der Waals surface area contributed by atoms with E-state index in [1.54, 1.807) is 0 Å². The smallest absolute Gasteiger partial charge is 0.0406 e. The zero-order valence-corrected chi connectivity index (χ0v) is 7.51. The molecular formula is C7H6Cl2S. The van der Waals surface area contributed by atoms with Gasteiger partial charge in [0.25, 0.3) is 0 Å². The van der Waals surface area contributed by atoms with Gasteiger partial charge in [0.05, 0.1) is 0 Å². The van der Waals surface area contributed by atoms with Crippen molar-refractivity contribution in [3.05, 3.63) is 29.3 Å². The van der Waals surface area contributed by atoms with Crippen molar-refractivity contribution in [1.82, 2.24) is 0 Å². The van der Waals surface area contributed by atoms with Gasteiger partial charge >= 0.3 is 0 Å². The predicted molar refractivity (Wildman–Crippen MR) is 50.3 cm³/mol. The van der Waals surface area contributed by atoms with Crippen molar-refractivity contribution in [3.8, 4) is 0 Å². The fraction of sp³-hybridized carbons (Fsp3) is 0. The van der Waals surface area contributed by atoms with Gasteiger partial charge in [-0.25, -0.2) is 0 Å². The molecule has 3 heteroatoms. The van der Waals surface area contributed by atoms with E-state index in [9.17, 15) is 0 Å². The molecule has 1 unspecified atom stereocenters. The van der Waals surface area contributed by atoms with Crippen LogP contribution < -0.4 is 0 Å². The monoisotopic (exact) mass is 192 g/mol. The molecule has 0 radical (unpaired) electrons. The van der Waals surface area contributed by atoms with Crippen LogP contribution in [0.1, 0.15) is 0 Å². The summed E-state index contributed by atoms with van der Waals surface area (Å²) in [7, 11) is 5.31. The second-order valence-electron chi connectivity index (χ2n) is 1.78. The van der Waals surface area contributed by atoms with Crippen molar-refractivity contribution in [2.75, 3.05) is 0 Å². The summed E-state index contributed by atoms with van der Waals surface area (Å²) < 4.78 is 0. The lowest BCUT2D eigenvalue weighted by Crippen LogP contribution is -1.67. The van der Waals surface area contributed by atoms with Crippen LogP contribution in [0, 0.1) is 0 Å². The maximum Gasteiger partial charge on any atom is 0.0406 e. The number of hydrogen-bond acceptors (Lipinski definition) is 0. The maximum atomic E-state index is 5.73. The lowest BCUT2D eigenvalue weighted by Gasteiger charge is -1.96. The van der Waals surface area contributed by atoms with Crippen LogP contribution in [-0.2, 0) is 0 Å². The number of benzene rings is 1. The van der Waals surface area contributed by atoms with E-state index in [0.29, 0.717) is 0 Å². The van der Waals surface area contributed by atoms with Crippen molar-refractivity contribution in [2.45, 2.75) is 4.90 Å². The number of hydrogen-bond donors (Lipinski definition) is 0. The molecule has 0 bridgehead atoms. The van der Waals surface area contributed by atoms with Crippen LogP contribution in [0.25, 0.3) is 0 Å². The fourth-order valence-corrected chi connectivity index (χ4v) is 1.45. The average Bonchev–Trinajstić information content (AvgIpc) is 1.88. The van der Waals surface area contributed by atoms with Crippen molar-refractivity contribution >= 4 is 37.9 Å². The van der Waals surface area contributed by atoms with Crippen LogP contribution in [0.2, 0.25) is 5.02 Å². The van der Waals surface area contributed by atoms with Gasteiger partial charge in [-0.2, -0.15) is 0 Å². The highest BCUT2D eigenvalue weighted by Crippen LogP contribution is 2.29. The Hall–Kier alpha value is 0.0200. The van der Waals surface area contributed by atoms with E-state index < -0.39 is 9.70 Å². The van der Waals surface area contributed by atoms with Crippen molar-refractivity contribution in [3.63, 3.8) is 0 Å². The highest BCUT2D eigenvalue weighted by Gasteiger charge is 1.91. The van der Waals surface area contributed by atoms with Gasteiger partial charge in [0.1, 0.15) is 0 Å². The van der Waals surface area contributed by atoms with Crippen molar-refractivity contribution in [1.29, 1.82) is 0 Å². The Bertz CT molecular complexity index is 240. The first-order chi connectivity index (χ1) is 4.70. The molecule has 1 aromatic rings. The third kappa shape index (κ3) is 2.01. The molecule has 1 atom stereocenters. The van der Waals surface area contributed by atoms with Crippen LogP contribution in [-0.4, -0.2) is 5.87 Å². The summed E-state index contributed by atoms with van der Waals surface area (Å²) in [6, 6.07) is 7.38. The van der Waals surface area contributed by atoms with Crippen molar-refractivity contribution in [2.24, 2.45) is 0 Å². The van der Waals surface area contributed by atoms with Gasteiger partial charge in [0.2, 0.25) is 0 Å². The molecule has 0 saturated heterocycles. The summed E-state index contributed by atoms with van der Waals surface area (Å²) in [6.07, 6.45) is 0. The van der Waals surface area contributed by atoms with E-state index in [-0.39, 0.29) is 0 Å². The summed E-state index contributed by atoms with van der Waals surface area (Å²) in [5, 5.41) is 0.728. The summed E-state index contributed by atoms with van der Waals surface area (Å²) in [5.41, 5.74) is 0. The SMILES string of the molecule is C=S(Cl)c1ccc(Cl)cc1. The van der Waals surface area contributed by atoms with Crippen LogP contribution in [0.5, 0.6) is 0 Å². The second kappa shape index (κ2) is 3.42. The average molecular weight is 193 g/mol. The van der Waals surface area contributed by atoms with Gasteiger partial charge in [-0.15, -0.1) is 0 Å². The van der Waals surface area contributed by atoms with Crippen LogP contribution in [0.3, 0.4) is 0 Å². The number of rotatable bonds is 1. The van der Waals surface area contributed by atoms with E-state index >= 15 is 0 Å². The van der Waals surface area contributed by atoms with Gasteiger partial charge in [-0.3, -0.25) is 0 Å². The molecule has 0 nitrogen and oxygen atoms in total. The predicted octanol–water partition coefficient (Wildman–Crippen LogP) is 3.55. The van der Waals surface area contributed by atoms with Crippen LogP contribution in [0.4, 0.5) is 0 Å². The molecule has 0 saturated carbocycles. The molecule has 0 aliphatic carbocycles. The van der Waals surface area contributed by atoms with E-state index in [4.69, 9.17) is 22.3 Å². The van der Waals surface area contributed by atoms with Gasteiger partial charge in [0, 0.05) is 9.92 Å². The first-order valence-corrected chi connectivity index (χ1v) is 5.26. The Morgan fingerprint density at radius 2 is 1.70 bits per heavy atom. The molecule has 0 heterocycles. The van der Waals surface area contributed by atoms with E-state index in [0.717, 1.165) is 9.92 Å². The fourth-order valence-electron chi connectivity index (χ4n) is 0.582. The third-order valence-electron chi connectivity index (χ3n) is 1.07. The summed E-state index contributed by atoms with van der Waals surface area (Å²) >= 11 is 5.66. The summed E-state index contributed by atoms with van der Waals surface area (Å²) in [6.45, 7) is 0. The van der Waals surface area contributed by atoms with Gasteiger partial charge in [-0.05, 0) is 34.9 Å². The molecular weight excluding hydrogens is 187 g/mol. The highest BCUT2D eigenvalue weighted by atomic mass is 35.7. The minimum absolute atomic E-state index is 0.424. The Balaban J connectivity index is 3.00. The summed E-state index contributed by atoms with van der Waals surface area (Å²) in [5.74, 6) is 3.69. The second-order valence-corrected chi connectivity index (χ2v) is 4.47. The topological polar surface area (TPSA) is 0 Å². The van der Waals surface area contributed by atoms with E-state index in [2.05, 4.69) is 5.87 Å². The molecule has 0 aromatic heterocycles. The van der Waals surface area contributed by atoms with Crippen molar-refractivity contribution < 1.29 is 0 Å². The lowest BCUT2D eigenvalue weighted by molar-refractivity contribution is 1.48. The lowest BCUT2D eigenvalue weighted by atomic mass is 10.4. The Kier molecular flexibility index (Phi) is 2.78. The van der Waals surface area contributed by atoms with E-state index in [1.165, 1.54) is 0 Å². The quantitative estimate of drug-likeness (QED) is 0.598. The highest BCUT2D eigenvalue weighted by molar-refractivity contribution is 8.33. The summed E-state index contributed by atoms with van der Waals surface area (Å²) in [4.78, 5) is 1.02. The van der Waals surface area contributed by atoms with Gasteiger partial charge in [0.15, 0.2) is 0 Å². The number of halogens is 2. The molecule has 0 fully saturated rings. The molecule has 0 amide bonds. The zero-order valence-electron chi connectivity index (χ0n) is 5.18. The third-order valence-corrected chi connectivity index (χ3v) is 2.64. The van der Waals surface area contributed by atoms with Gasteiger partial charge < -0.3 is 0 Å². The Morgan fingerprint density at radius 1 is 1.20 bits per heavy atom. The molecule has 0 N–H and O–H groups in total. The molecule has 1 aromatic carbocycles. The largest absolute Gasteiger partial charge is 0.0843 e. The molecule has 54 valence electrons. The maximum absolute atomic E-state index is 5.73. The minimum Gasteiger partial charge on any atom is -0.0843 e. The molecule has 0 aliphatic rings. The first-order valence-electron chi connectivity index (χ1n) is 2.66. The Morgan fingerprint density at radius 3 is 2.10 bits per heavy atom. The minimum atomic E-state index is -0.424. The van der Waals surface area contributed by atoms with Gasteiger partial charge in [-0.1, -0.05) is 27.2 Å². The first kappa shape index (κ1) is 8.12. The van der Waals surface area contributed by atoms with E-state index in [1.807, 2.05) is 24.3 Å². The van der Waals surface area contributed by atoms with Crippen LogP contribution >= 0.6 is 32.0 Å². The standard InChI is InChI=1S/C7H6Cl2S/c1-10(9)7-4-2-6(8)3-5-7/h2-5H,1H2. The molecule has 1 rings (SSSR count). The zero-order chi connectivity index (χ0) is 7.56. The molecule has 0 spiro atoms. The van der Waals surface area contributed by atoms with Crippen LogP contribution in [0.15, 0.2) is 29.2 Å².